The van der Waals surface area contributed by atoms with Crippen LogP contribution in [0.25, 0.3) is 0 Å². The molecule has 0 saturated carbocycles. The fourth-order valence-electron chi connectivity index (χ4n) is 2.55. The number of hydrogen-bond donors (Lipinski definition) is 1. The maximum Gasteiger partial charge on any atom is 0.220 e. The van der Waals surface area contributed by atoms with E-state index in [9.17, 15) is 4.79 Å². The van der Waals surface area contributed by atoms with Gasteiger partial charge in [-0.05, 0) is 56.7 Å². The molecule has 0 radical (unpaired) electrons. The van der Waals surface area contributed by atoms with E-state index >= 15 is 0 Å². The van der Waals surface area contributed by atoms with E-state index in [-0.39, 0.29) is 5.91 Å². The van der Waals surface area contributed by atoms with Crippen LogP contribution in [0.5, 0.6) is 5.75 Å². The number of hydrogen-bond acceptors (Lipinski definition) is 5. The highest BCUT2D eigenvalue weighted by atomic mass is 32.2. The molecule has 1 amide bonds. The van der Waals surface area contributed by atoms with Gasteiger partial charge in [-0.25, -0.2) is 9.97 Å². The summed E-state index contributed by atoms with van der Waals surface area (Å²) in [6.07, 6.45) is 3.03. The first-order valence-corrected chi connectivity index (χ1v) is 9.56. The molecule has 1 N–H and O–H groups in total. The molecule has 0 aliphatic carbocycles. The number of benzene rings is 1. The predicted octanol–water partition coefficient (Wildman–Crippen LogP) is 3.25. The Labute approximate surface area is 153 Å². The molecule has 1 aromatic carbocycles. The summed E-state index contributed by atoms with van der Waals surface area (Å²) in [7, 11) is 0. The van der Waals surface area contributed by atoms with E-state index in [0.29, 0.717) is 26.0 Å². The van der Waals surface area contributed by atoms with Gasteiger partial charge in [-0.15, -0.1) is 0 Å². The number of nitrogens with one attached hydrogen (secondary N) is 1. The largest absolute Gasteiger partial charge is 0.492 e. The molecule has 0 spiro atoms. The minimum atomic E-state index is 0.0144. The van der Waals surface area contributed by atoms with Gasteiger partial charge in [0, 0.05) is 17.8 Å². The van der Waals surface area contributed by atoms with Crippen LogP contribution >= 0.6 is 11.8 Å². The van der Waals surface area contributed by atoms with Gasteiger partial charge in [0.15, 0.2) is 5.16 Å². The molecule has 1 heterocycles. The quantitative estimate of drug-likeness (QED) is 0.445. The van der Waals surface area contributed by atoms with Gasteiger partial charge in [-0.3, -0.25) is 4.79 Å². The Hall–Kier alpha value is -2.08. The van der Waals surface area contributed by atoms with Gasteiger partial charge < -0.3 is 10.1 Å². The third-order valence-electron chi connectivity index (χ3n) is 3.87. The molecule has 6 heteroatoms. The van der Waals surface area contributed by atoms with Crippen LogP contribution in [0.3, 0.4) is 0 Å². The van der Waals surface area contributed by atoms with E-state index in [0.717, 1.165) is 33.4 Å². The monoisotopic (exact) mass is 359 g/mol. The molecule has 0 fully saturated rings. The summed E-state index contributed by atoms with van der Waals surface area (Å²) in [6.45, 7) is 6.91. The second-order valence-corrected chi connectivity index (χ2v) is 6.65. The van der Waals surface area contributed by atoms with Crippen molar-refractivity contribution in [2.24, 2.45) is 0 Å². The first kappa shape index (κ1) is 19.2. The number of ether oxygens (including phenoxy) is 1. The molecule has 0 saturated heterocycles. The zero-order valence-corrected chi connectivity index (χ0v) is 16.1. The van der Waals surface area contributed by atoms with Crippen molar-refractivity contribution in [3.05, 3.63) is 46.8 Å². The Morgan fingerprint density at radius 1 is 1.20 bits per heavy atom. The van der Waals surface area contributed by atoms with Crippen LogP contribution in [0.4, 0.5) is 0 Å². The van der Waals surface area contributed by atoms with Gasteiger partial charge in [-0.2, -0.15) is 0 Å². The number of thioether (sulfide) groups is 1. The predicted molar refractivity (Wildman–Crippen MR) is 101 cm³/mol. The Balaban J connectivity index is 1.74. The average Bonchev–Trinajstić information content (AvgIpc) is 2.58. The minimum Gasteiger partial charge on any atom is -0.492 e. The molecule has 2 aromatic rings. The first-order valence-electron chi connectivity index (χ1n) is 8.34. The molecule has 0 bridgehead atoms. The van der Waals surface area contributed by atoms with Crippen molar-refractivity contribution in [2.45, 2.75) is 38.8 Å². The Kier molecular flexibility index (Phi) is 7.25. The molecule has 2 rings (SSSR count). The zero-order chi connectivity index (χ0) is 18.2. The van der Waals surface area contributed by atoms with Crippen molar-refractivity contribution in [2.75, 3.05) is 19.4 Å². The maximum atomic E-state index is 12.0. The summed E-state index contributed by atoms with van der Waals surface area (Å²) < 4.78 is 5.63. The molecule has 134 valence electrons. The SMILES string of the molecule is CSc1nc(C)c(CCC(=O)NCCOc2cccc(C)c2)c(C)n1. The number of aryl methyl sites for hydroxylation is 3. The number of carbonyl (C=O) groups excluding carboxylic acids is 1. The van der Waals surface area contributed by atoms with Crippen LogP contribution in [0.2, 0.25) is 0 Å². The zero-order valence-electron chi connectivity index (χ0n) is 15.3. The lowest BCUT2D eigenvalue weighted by atomic mass is 10.1. The maximum absolute atomic E-state index is 12.0. The third kappa shape index (κ3) is 6.05. The number of aromatic nitrogens is 2. The number of nitrogens with zero attached hydrogens (tertiary/aromatic N) is 2. The van der Waals surface area contributed by atoms with E-state index < -0.39 is 0 Å². The topological polar surface area (TPSA) is 64.1 Å². The van der Waals surface area contributed by atoms with E-state index in [2.05, 4.69) is 15.3 Å². The molecule has 0 aliphatic rings. The smallest absolute Gasteiger partial charge is 0.220 e. The lowest BCUT2D eigenvalue weighted by Gasteiger charge is -2.11. The van der Waals surface area contributed by atoms with Crippen LogP contribution in [0.15, 0.2) is 29.4 Å². The lowest BCUT2D eigenvalue weighted by molar-refractivity contribution is -0.121. The molecular weight excluding hydrogens is 334 g/mol. The Morgan fingerprint density at radius 3 is 2.56 bits per heavy atom. The van der Waals surface area contributed by atoms with Crippen LogP contribution in [-0.2, 0) is 11.2 Å². The summed E-state index contributed by atoms with van der Waals surface area (Å²) in [4.78, 5) is 20.9. The van der Waals surface area contributed by atoms with Crippen LogP contribution in [-0.4, -0.2) is 35.3 Å². The van der Waals surface area contributed by atoms with Crippen LogP contribution < -0.4 is 10.1 Å². The van der Waals surface area contributed by atoms with E-state index in [4.69, 9.17) is 4.74 Å². The van der Waals surface area contributed by atoms with Gasteiger partial charge in [-0.1, -0.05) is 23.9 Å². The average molecular weight is 359 g/mol. The standard InChI is InChI=1S/C19H25N3O2S/c1-13-6-5-7-16(12-13)24-11-10-20-18(23)9-8-17-14(2)21-19(25-4)22-15(17)3/h5-7,12H,8-11H2,1-4H3,(H,20,23). The summed E-state index contributed by atoms with van der Waals surface area (Å²) in [5, 5.41) is 3.66. The second kappa shape index (κ2) is 9.42. The number of carbonyl (C=O) groups is 1. The van der Waals surface area contributed by atoms with Crippen molar-refractivity contribution in [1.82, 2.24) is 15.3 Å². The second-order valence-electron chi connectivity index (χ2n) is 5.87. The molecule has 25 heavy (non-hydrogen) atoms. The van der Waals surface area contributed by atoms with Crippen molar-refractivity contribution >= 4 is 17.7 Å². The molecule has 0 aliphatic heterocycles. The normalized spacial score (nSPS) is 10.6. The highest BCUT2D eigenvalue weighted by Gasteiger charge is 2.10. The van der Waals surface area contributed by atoms with Gasteiger partial charge >= 0.3 is 0 Å². The molecular formula is C19H25N3O2S. The molecule has 0 atom stereocenters. The Morgan fingerprint density at radius 2 is 1.92 bits per heavy atom. The number of rotatable bonds is 8. The van der Waals surface area contributed by atoms with Crippen molar-refractivity contribution in [3.8, 4) is 5.75 Å². The summed E-state index contributed by atoms with van der Waals surface area (Å²) in [6, 6.07) is 7.87. The fraction of sp³-hybridized carbons (Fsp3) is 0.421. The first-order chi connectivity index (χ1) is 12.0. The summed E-state index contributed by atoms with van der Waals surface area (Å²) in [5.41, 5.74) is 4.12. The van der Waals surface area contributed by atoms with Gasteiger partial charge in [0.25, 0.3) is 0 Å². The van der Waals surface area contributed by atoms with Crippen molar-refractivity contribution in [1.29, 1.82) is 0 Å². The molecule has 0 unspecified atom stereocenters. The van der Waals surface area contributed by atoms with Gasteiger partial charge in [0.2, 0.25) is 5.91 Å². The van der Waals surface area contributed by atoms with Crippen LogP contribution in [0.1, 0.15) is 28.9 Å². The molecule has 5 nitrogen and oxygen atoms in total. The van der Waals surface area contributed by atoms with Crippen LogP contribution in [0, 0.1) is 20.8 Å². The Bertz CT molecular complexity index is 711. The van der Waals surface area contributed by atoms with Crippen molar-refractivity contribution in [3.63, 3.8) is 0 Å². The highest BCUT2D eigenvalue weighted by molar-refractivity contribution is 7.98. The van der Waals surface area contributed by atoms with E-state index in [1.807, 2.05) is 51.3 Å². The van der Waals surface area contributed by atoms with E-state index in [1.165, 1.54) is 11.8 Å². The lowest BCUT2D eigenvalue weighted by Crippen LogP contribution is -2.28. The fourth-order valence-corrected chi connectivity index (χ4v) is 3.01. The minimum absolute atomic E-state index is 0.0144. The summed E-state index contributed by atoms with van der Waals surface area (Å²) >= 11 is 1.53. The molecule has 1 aromatic heterocycles. The number of amides is 1. The van der Waals surface area contributed by atoms with E-state index in [1.54, 1.807) is 0 Å². The highest BCUT2D eigenvalue weighted by Crippen LogP contribution is 2.17. The van der Waals surface area contributed by atoms with Gasteiger partial charge in [0.1, 0.15) is 12.4 Å². The van der Waals surface area contributed by atoms with Gasteiger partial charge in [0.05, 0.1) is 6.54 Å². The summed E-state index contributed by atoms with van der Waals surface area (Å²) in [5.74, 6) is 0.840. The third-order valence-corrected chi connectivity index (χ3v) is 4.42. The van der Waals surface area contributed by atoms with Crippen molar-refractivity contribution < 1.29 is 9.53 Å².